The van der Waals surface area contributed by atoms with E-state index in [2.05, 4.69) is 15.0 Å². The number of pyridine rings is 1. The number of imidazole rings is 1. The summed E-state index contributed by atoms with van der Waals surface area (Å²) >= 11 is 1.26. The van der Waals surface area contributed by atoms with Crippen molar-refractivity contribution in [3.63, 3.8) is 0 Å². The number of hydrogen-bond donors (Lipinski definition) is 0. The van der Waals surface area contributed by atoms with Crippen LogP contribution in [0.1, 0.15) is 10.6 Å². The van der Waals surface area contributed by atoms with Crippen molar-refractivity contribution in [3.8, 4) is 16.9 Å². The Morgan fingerprint density at radius 1 is 0.971 bits per heavy atom. The fourth-order valence-corrected chi connectivity index (χ4v) is 5.94. The lowest BCUT2D eigenvalue weighted by Crippen LogP contribution is -2.07. The first-order valence-corrected chi connectivity index (χ1v) is 12.5. The van der Waals surface area contributed by atoms with Crippen molar-refractivity contribution in [2.45, 2.75) is 16.8 Å². The maximum absolute atomic E-state index is 13.4. The highest BCUT2D eigenvalue weighted by Gasteiger charge is 2.31. The van der Waals surface area contributed by atoms with Crippen LogP contribution in [0.2, 0.25) is 0 Å². The fourth-order valence-electron chi connectivity index (χ4n) is 3.66. The molecule has 0 saturated carbocycles. The number of hydrogen-bond acceptors (Lipinski definition) is 6. The second-order valence-electron chi connectivity index (χ2n) is 7.43. The van der Waals surface area contributed by atoms with Gasteiger partial charge in [-0.1, -0.05) is 12.1 Å². The van der Waals surface area contributed by atoms with Crippen LogP contribution < -0.4 is 0 Å². The minimum absolute atomic E-state index is 0.134. The van der Waals surface area contributed by atoms with Gasteiger partial charge in [0.2, 0.25) is 0 Å². The first kappa shape index (κ1) is 22.2. The molecule has 5 aromatic rings. The van der Waals surface area contributed by atoms with E-state index in [0.717, 1.165) is 12.1 Å². The Morgan fingerprint density at radius 3 is 2.53 bits per heavy atom. The number of benzene rings is 2. The molecule has 34 heavy (non-hydrogen) atoms. The van der Waals surface area contributed by atoms with Gasteiger partial charge < -0.3 is 4.57 Å². The number of thiazole rings is 1. The zero-order valence-electron chi connectivity index (χ0n) is 17.3. The van der Waals surface area contributed by atoms with Crippen LogP contribution in [0.4, 0.5) is 13.2 Å². The Kier molecular flexibility index (Phi) is 5.45. The van der Waals surface area contributed by atoms with E-state index in [1.54, 1.807) is 36.0 Å². The number of alkyl halides is 3. The highest BCUT2D eigenvalue weighted by Crippen LogP contribution is 2.37. The van der Waals surface area contributed by atoms with Crippen LogP contribution in [-0.2, 0) is 21.8 Å². The van der Waals surface area contributed by atoms with E-state index in [4.69, 9.17) is 0 Å². The standard InChI is InChI=1S/C23H15F3N4O2S2/c24-23(25,26)16-1-3-19(20(12-16)30-9-7-27-14-30)22-18-4-2-17(11-15(18)5-6-29-22)34(31,32)13-21-28-8-10-33-21/h1-12,14H,13H2. The monoisotopic (exact) mass is 500 g/mol. The van der Waals surface area contributed by atoms with Gasteiger partial charge in [0.25, 0.3) is 0 Å². The Balaban J connectivity index is 1.64. The van der Waals surface area contributed by atoms with Crippen molar-refractivity contribution < 1.29 is 21.6 Å². The largest absolute Gasteiger partial charge is 0.416 e. The molecule has 11 heteroatoms. The van der Waals surface area contributed by atoms with Crippen LogP contribution >= 0.6 is 11.3 Å². The summed E-state index contributed by atoms with van der Waals surface area (Å²) in [5.74, 6) is -0.211. The normalized spacial score (nSPS) is 12.3. The van der Waals surface area contributed by atoms with Crippen molar-refractivity contribution in [1.82, 2.24) is 19.5 Å². The Hall–Kier alpha value is -3.57. The van der Waals surface area contributed by atoms with Crippen molar-refractivity contribution in [1.29, 1.82) is 0 Å². The predicted molar refractivity (Wildman–Crippen MR) is 122 cm³/mol. The van der Waals surface area contributed by atoms with Crippen molar-refractivity contribution in [3.05, 3.63) is 89.5 Å². The molecule has 3 aromatic heterocycles. The molecule has 0 N–H and O–H groups in total. The molecule has 5 rings (SSSR count). The molecule has 172 valence electrons. The summed E-state index contributed by atoms with van der Waals surface area (Å²) in [5, 5.41) is 3.41. The summed E-state index contributed by atoms with van der Waals surface area (Å²) in [4.78, 5) is 12.5. The molecule has 0 unspecified atom stereocenters. The van der Waals surface area contributed by atoms with E-state index in [0.29, 0.717) is 27.0 Å². The van der Waals surface area contributed by atoms with Crippen molar-refractivity contribution >= 4 is 31.9 Å². The van der Waals surface area contributed by atoms with Gasteiger partial charge >= 0.3 is 6.18 Å². The smallest absolute Gasteiger partial charge is 0.306 e. The lowest BCUT2D eigenvalue weighted by molar-refractivity contribution is -0.137. The van der Waals surface area contributed by atoms with Gasteiger partial charge in [-0.05, 0) is 35.7 Å². The van der Waals surface area contributed by atoms with Gasteiger partial charge in [0.05, 0.1) is 28.2 Å². The van der Waals surface area contributed by atoms with Gasteiger partial charge in [-0.15, -0.1) is 11.3 Å². The molecule has 0 aliphatic heterocycles. The number of nitrogens with zero attached hydrogens (tertiary/aromatic N) is 4. The second-order valence-corrected chi connectivity index (χ2v) is 10.4. The molecule has 0 aliphatic carbocycles. The fraction of sp³-hybridized carbons (Fsp3) is 0.0870. The lowest BCUT2D eigenvalue weighted by atomic mass is 10.0. The Bertz CT molecular complexity index is 1580. The topological polar surface area (TPSA) is 77.7 Å². The minimum atomic E-state index is -4.51. The second kappa shape index (κ2) is 8.33. The lowest BCUT2D eigenvalue weighted by Gasteiger charge is -2.15. The SMILES string of the molecule is O=S(=O)(Cc1nccs1)c1ccc2c(-c3ccc(C(F)(F)F)cc3-n3ccnc3)nccc2c1. The molecule has 0 saturated heterocycles. The molecule has 0 spiro atoms. The van der Waals surface area contributed by atoms with Crippen LogP contribution in [0, 0.1) is 0 Å². The third-order valence-electron chi connectivity index (χ3n) is 5.25. The summed E-state index contributed by atoms with van der Waals surface area (Å²) in [6.45, 7) is 0. The zero-order valence-corrected chi connectivity index (χ0v) is 18.9. The first-order valence-electron chi connectivity index (χ1n) is 9.92. The van der Waals surface area contributed by atoms with E-state index < -0.39 is 21.6 Å². The third-order valence-corrected chi connectivity index (χ3v) is 7.84. The van der Waals surface area contributed by atoms with Gasteiger partial charge in [-0.3, -0.25) is 4.98 Å². The first-order chi connectivity index (χ1) is 16.2. The number of halogens is 3. The van der Waals surface area contributed by atoms with E-state index in [1.807, 2.05) is 0 Å². The summed E-state index contributed by atoms with van der Waals surface area (Å²) in [6, 6.07) is 9.74. The minimum Gasteiger partial charge on any atom is -0.306 e. The van der Waals surface area contributed by atoms with Crippen LogP contribution in [0.25, 0.3) is 27.7 Å². The molecule has 0 aliphatic rings. The zero-order chi connectivity index (χ0) is 23.9. The maximum atomic E-state index is 13.4. The quantitative estimate of drug-likeness (QED) is 0.317. The number of rotatable bonds is 5. The number of sulfone groups is 1. The van der Waals surface area contributed by atoms with Crippen LogP contribution in [0.3, 0.4) is 0 Å². The molecule has 0 bridgehead atoms. The number of aromatic nitrogens is 4. The van der Waals surface area contributed by atoms with Crippen LogP contribution in [0.15, 0.2) is 83.9 Å². The molecule has 0 atom stereocenters. The molecular weight excluding hydrogens is 485 g/mol. The van der Waals surface area contributed by atoms with Gasteiger partial charge in [0, 0.05) is 41.1 Å². The van der Waals surface area contributed by atoms with E-state index >= 15 is 0 Å². The van der Waals surface area contributed by atoms with Gasteiger partial charge in [0.1, 0.15) is 10.8 Å². The van der Waals surface area contributed by atoms with Crippen molar-refractivity contribution in [2.24, 2.45) is 0 Å². The molecule has 0 radical (unpaired) electrons. The summed E-state index contributed by atoms with van der Waals surface area (Å²) < 4.78 is 67.4. The Morgan fingerprint density at radius 2 is 1.82 bits per heavy atom. The van der Waals surface area contributed by atoms with E-state index in [9.17, 15) is 21.6 Å². The Labute approximate surface area is 196 Å². The van der Waals surface area contributed by atoms with Crippen molar-refractivity contribution in [2.75, 3.05) is 0 Å². The van der Waals surface area contributed by atoms with Gasteiger partial charge in [-0.25, -0.2) is 18.4 Å². The summed E-state index contributed by atoms with van der Waals surface area (Å²) in [5.41, 5.74) is 0.345. The average Bonchev–Trinajstić information content (AvgIpc) is 3.51. The third kappa shape index (κ3) is 4.19. The molecule has 0 amide bonds. The van der Waals surface area contributed by atoms with Crippen LogP contribution in [0.5, 0.6) is 0 Å². The molecule has 6 nitrogen and oxygen atoms in total. The predicted octanol–water partition coefficient (Wildman–Crippen LogP) is 5.54. The average molecular weight is 501 g/mol. The van der Waals surface area contributed by atoms with E-state index in [-0.39, 0.29) is 16.3 Å². The number of fused-ring (bicyclic) bond motifs is 1. The molecule has 3 heterocycles. The van der Waals surface area contributed by atoms with Gasteiger partial charge in [0.15, 0.2) is 9.84 Å². The maximum Gasteiger partial charge on any atom is 0.416 e. The molecule has 0 fully saturated rings. The summed E-state index contributed by atoms with van der Waals surface area (Å²) in [6.07, 6.45) is 2.97. The summed E-state index contributed by atoms with van der Waals surface area (Å²) in [7, 11) is -3.63. The van der Waals surface area contributed by atoms with Gasteiger partial charge in [-0.2, -0.15) is 13.2 Å². The molecular formula is C23H15F3N4O2S2. The molecule has 2 aromatic carbocycles. The van der Waals surface area contributed by atoms with Crippen LogP contribution in [-0.4, -0.2) is 27.9 Å². The van der Waals surface area contributed by atoms with E-state index in [1.165, 1.54) is 46.8 Å². The highest BCUT2D eigenvalue weighted by molar-refractivity contribution is 7.90. The highest BCUT2D eigenvalue weighted by atomic mass is 32.2.